The third-order valence-electron chi connectivity index (χ3n) is 5.17. The van der Waals surface area contributed by atoms with Crippen molar-refractivity contribution in [1.29, 1.82) is 0 Å². The third kappa shape index (κ3) is 3.07. The minimum absolute atomic E-state index is 0.105. The van der Waals surface area contributed by atoms with Gasteiger partial charge in [0.1, 0.15) is 4.21 Å². The van der Waals surface area contributed by atoms with E-state index >= 15 is 0 Å². The van der Waals surface area contributed by atoms with Gasteiger partial charge < -0.3 is 4.90 Å². The van der Waals surface area contributed by atoms with Crippen molar-refractivity contribution in [2.24, 2.45) is 0 Å². The summed E-state index contributed by atoms with van der Waals surface area (Å²) in [4.78, 5) is 14.9. The molecule has 0 radical (unpaired) electrons. The number of hydrogen-bond acceptors (Lipinski definition) is 4. The SMILES string of the molecule is O=C(N1CCN(S(=O)(=O)c2cccs2)CC1)C1(c2ccc(Cl)cc2)CC1. The number of thiophene rings is 1. The monoisotopic (exact) mass is 410 g/mol. The number of halogens is 1. The van der Waals surface area contributed by atoms with Gasteiger partial charge in [-0.05, 0) is 42.0 Å². The molecule has 138 valence electrons. The number of carbonyl (C=O) groups is 1. The molecule has 2 aromatic rings. The van der Waals surface area contributed by atoms with E-state index in [1.165, 1.54) is 15.6 Å². The van der Waals surface area contributed by atoms with Gasteiger partial charge in [-0.25, -0.2) is 8.42 Å². The van der Waals surface area contributed by atoms with Gasteiger partial charge in [-0.1, -0.05) is 29.8 Å². The van der Waals surface area contributed by atoms with Crippen LogP contribution < -0.4 is 0 Å². The Labute approximate surface area is 162 Å². The summed E-state index contributed by atoms with van der Waals surface area (Å²) in [5, 5.41) is 2.42. The van der Waals surface area contributed by atoms with E-state index in [1.807, 2.05) is 29.2 Å². The first-order chi connectivity index (χ1) is 12.4. The molecule has 1 saturated carbocycles. The highest BCUT2D eigenvalue weighted by atomic mass is 35.5. The average molecular weight is 411 g/mol. The number of amides is 1. The van der Waals surface area contributed by atoms with Crippen molar-refractivity contribution in [3.63, 3.8) is 0 Å². The highest BCUT2D eigenvalue weighted by Gasteiger charge is 2.53. The van der Waals surface area contributed by atoms with E-state index in [0.29, 0.717) is 35.4 Å². The zero-order valence-corrected chi connectivity index (χ0v) is 16.5. The fourth-order valence-corrected chi connectivity index (χ4v) is 6.18. The van der Waals surface area contributed by atoms with Crippen LogP contribution in [0.4, 0.5) is 0 Å². The van der Waals surface area contributed by atoms with E-state index in [-0.39, 0.29) is 5.91 Å². The van der Waals surface area contributed by atoms with Gasteiger partial charge >= 0.3 is 0 Å². The first-order valence-corrected chi connectivity index (χ1v) is 11.2. The number of benzene rings is 1. The van der Waals surface area contributed by atoms with Gasteiger partial charge in [0.15, 0.2) is 0 Å². The van der Waals surface area contributed by atoms with Gasteiger partial charge in [-0.2, -0.15) is 4.31 Å². The second-order valence-corrected chi connectivity index (χ2v) is 10.3. The summed E-state index contributed by atoms with van der Waals surface area (Å²) in [7, 11) is -3.45. The summed E-state index contributed by atoms with van der Waals surface area (Å²) in [6.45, 7) is 1.53. The van der Waals surface area contributed by atoms with Gasteiger partial charge in [0, 0.05) is 31.2 Å². The summed E-state index contributed by atoms with van der Waals surface area (Å²) < 4.78 is 27.1. The minimum atomic E-state index is -3.45. The lowest BCUT2D eigenvalue weighted by Crippen LogP contribution is -2.52. The quantitative estimate of drug-likeness (QED) is 0.778. The molecule has 5 nitrogen and oxygen atoms in total. The molecule has 2 heterocycles. The van der Waals surface area contributed by atoms with E-state index < -0.39 is 15.4 Å². The zero-order chi connectivity index (χ0) is 18.4. The van der Waals surface area contributed by atoms with Gasteiger partial charge in [0.2, 0.25) is 5.91 Å². The molecule has 1 aromatic heterocycles. The fraction of sp³-hybridized carbons (Fsp3) is 0.389. The van der Waals surface area contributed by atoms with Crippen molar-refractivity contribution in [3.05, 3.63) is 52.4 Å². The highest BCUT2D eigenvalue weighted by molar-refractivity contribution is 7.91. The second-order valence-electron chi connectivity index (χ2n) is 6.72. The molecule has 2 aliphatic rings. The van der Waals surface area contributed by atoms with Gasteiger partial charge in [0.25, 0.3) is 10.0 Å². The van der Waals surface area contributed by atoms with Gasteiger partial charge in [-0.3, -0.25) is 4.79 Å². The number of carbonyl (C=O) groups excluding carboxylic acids is 1. The lowest BCUT2D eigenvalue weighted by molar-refractivity contribution is -0.135. The molecule has 0 N–H and O–H groups in total. The van der Waals surface area contributed by atoms with Crippen molar-refractivity contribution in [1.82, 2.24) is 9.21 Å². The smallest absolute Gasteiger partial charge is 0.252 e. The number of rotatable bonds is 4. The second kappa shape index (κ2) is 6.64. The summed E-state index contributed by atoms with van der Waals surface area (Å²) >= 11 is 7.18. The molecule has 4 rings (SSSR count). The molecule has 1 aromatic carbocycles. The molecule has 26 heavy (non-hydrogen) atoms. The van der Waals surface area contributed by atoms with Crippen LogP contribution in [0.1, 0.15) is 18.4 Å². The Bertz CT molecular complexity index is 898. The first-order valence-electron chi connectivity index (χ1n) is 8.53. The molecular weight excluding hydrogens is 392 g/mol. The summed E-state index contributed by atoms with van der Waals surface area (Å²) in [5.74, 6) is 0.105. The maximum atomic E-state index is 13.1. The maximum absolute atomic E-state index is 13.1. The van der Waals surface area contributed by atoms with E-state index in [0.717, 1.165) is 18.4 Å². The van der Waals surface area contributed by atoms with Crippen LogP contribution in [0.25, 0.3) is 0 Å². The minimum Gasteiger partial charge on any atom is -0.339 e. The number of hydrogen-bond donors (Lipinski definition) is 0. The van der Waals surface area contributed by atoms with Crippen molar-refractivity contribution >= 4 is 38.9 Å². The van der Waals surface area contributed by atoms with Crippen molar-refractivity contribution in [2.75, 3.05) is 26.2 Å². The molecule has 1 saturated heterocycles. The summed E-state index contributed by atoms with van der Waals surface area (Å²) in [5.41, 5.74) is 0.555. The normalized spacial score (nSPS) is 20.1. The van der Waals surface area contributed by atoms with E-state index in [9.17, 15) is 13.2 Å². The lowest BCUT2D eigenvalue weighted by Gasteiger charge is -2.35. The molecule has 1 amide bonds. The average Bonchev–Trinajstić information content (AvgIpc) is 3.26. The van der Waals surface area contributed by atoms with Gasteiger partial charge in [-0.15, -0.1) is 11.3 Å². The third-order valence-corrected chi connectivity index (χ3v) is 8.69. The van der Waals surface area contributed by atoms with Crippen molar-refractivity contribution < 1.29 is 13.2 Å². The van der Waals surface area contributed by atoms with Crippen LogP contribution >= 0.6 is 22.9 Å². The van der Waals surface area contributed by atoms with Crippen LogP contribution in [0.5, 0.6) is 0 Å². The van der Waals surface area contributed by atoms with Gasteiger partial charge in [0.05, 0.1) is 5.41 Å². The Morgan fingerprint density at radius 2 is 1.69 bits per heavy atom. The Balaban J connectivity index is 1.45. The van der Waals surface area contributed by atoms with Crippen LogP contribution in [-0.4, -0.2) is 49.7 Å². The molecule has 0 spiro atoms. The number of sulfonamides is 1. The topological polar surface area (TPSA) is 57.7 Å². The maximum Gasteiger partial charge on any atom is 0.252 e. The number of nitrogens with zero attached hydrogens (tertiary/aromatic N) is 2. The predicted molar refractivity (Wildman–Crippen MR) is 102 cm³/mol. The predicted octanol–water partition coefficient (Wildman–Crippen LogP) is 2.97. The van der Waals surface area contributed by atoms with Crippen LogP contribution in [0.2, 0.25) is 5.02 Å². The molecule has 1 aliphatic heterocycles. The Morgan fingerprint density at radius 3 is 2.23 bits per heavy atom. The van der Waals surface area contributed by atoms with Crippen LogP contribution in [-0.2, 0) is 20.2 Å². The van der Waals surface area contributed by atoms with Crippen LogP contribution in [0, 0.1) is 0 Å². The molecular formula is C18H19ClN2O3S2. The van der Waals surface area contributed by atoms with Crippen molar-refractivity contribution in [2.45, 2.75) is 22.5 Å². The molecule has 0 bridgehead atoms. The molecule has 0 unspecified atom stereocenters. The first kappa shape index (κ1) is 18.0. The standard InChI is InChI=1S/C18H19ClN2O3S2/c19-15-5-3-14(4-6-15)18(7-8-18)17(22)20-9-11-21(12-10-20)26(23,24)16-2-1-13-25-16/h1-6,13H,7-12H2. The lowest BCUT2D eigenvalue weighted by atomic mass is 9.94. The van der Waals surface area contributed by atoms with Crippen LogP contribution in [0.15, 0.2) is 46.0 Å². The zero-order valence-electron chi connectivity index (χ0n) is 14.1. The highest BCUT2D eigenvalue weighted by Crippen LogP contribution is 2.50. The summed E-state index contributed by atoms with van der Waals surface area (Å²) in [6.07, 6.45) is 1.67. The van der Waals surface area contributed by atoms with E-state index in [2.05, 4.69) is 0 Å². The molecule has 2 fully saturated rings. The number of piperazine rings is 1. The Morgan fingerprint density at radius 1 is 1.04 bits per heavy atom. The van der Waals surface area contributed by atoms with E-state index in [1.54, 1.807) is 17.5 Å². The largest absolute Gasteiger partial charge is 0.339 e. The van der Waals surface area contributed by atoms with E-state index in [4.69, 9.17) is 11.6 Å². The fourth-order valence-electron chi connectivity index (χ4n) is 3.49. The Hall–Kier alpha value is -1.41. The Kier molecular flexibility index (Phi) is 4.59. The van der Waals surface area contributed by atoms with Crippen molar-refractivity contribution in [3.8, 4) is 0 Å². The molecule has 0 atom stereocenters. The molecule has 1 aliphatic carbocycles. The summed E-state index contributed by atoms with van der Waals surface area (Å²) in [6, 6.07) is 10.8. The van der Waals surface area contributed by atoms with Crippen LogP contribution in [0.3, 0.4) is 0 Å². The molecule has 8 heteroatoms.